The third kappa shape index (κ3) is 2.87. The number of amides is 1. The molecule has 8 heteroatoms. The maximum Gasteiger partial charge on any atom is 0.268 e. The molecule has 6 nitrogen and oxygen atoms in total. The molecule has 1 aliphatic heterocycles. The summed E-state index contributed by atoms with van der Waals surface area (Å²) in [6.45, 7) is 2.24. The molecule has 0 fully saturated rings. The summed E-state index contributed by atoms with van der Waals surface area (Å²) in [5, 5.41) is 5.08. The number of H-pyrrole nitrogens is 1. The predicted octanol–water partition coefficient (Wildman–Crippen LogP) is 4.26. The van der Waals surface area contributed by atoms with Gasteiger partial charge in [-0.1, -0.05) is 22.7 Å². The van der Waals surface area contributed by atoms with Crippen LogP contribution in [0.5, 0.6) is 5.75 Å². The van der Waals surface area contributed by atoms with E-state index in [4.69, 9.17) is 4.74 Å². The van der Waals surface area contributed by atoms with Gasteiger partial charge in [-0.2, -0.15) is 0 Å². The number of carbonyl (C=O) groups is 1. The second-order valence-corrected chi connectivity index (χ2v) is 8.04. The van der Waals surface area contributed by atoms with E-state index in [2.05, 4.69) is 20.6 Å². The summed E-state index contributed by atoms with van der Waals surface area (Å²) >= 11 is 1.07. The van der Waals surface area contributed by atoms with E-state index >= 15 is 4.39 Å². The Labute approximate surface area is 176 Å². The summed E-state index contributed by atoms with van der Waals surface area (Å²) in [4.78, 5) is 19.1. The van der Waals surface area contributed by atoms with Crippen molar-refractivity contribution in [2.75, 3.05) is 13.7 Å². The molecule has 0 aliphatic carbocycles. The van der Waals surface area contributed by atoms with Gasteiger partial charge in [-0.15, -0.1) is 5.10 Å². The van der Waals surface area contributed by atoms with Crippen LogP contribution < -0.4 is 4.74 Å². The number of fused-ring (bicyclic) bond motifs is 3. The van der Waals surface area contributed by atoms with Crippen LogP contribution >= 0.6 is 11.5 Å². The fraction of sp³-hybridized carbons (Fsp3) is 0.227. The van der Waals surface area contributed by atoms with E-state index in [1.165, 1.54) is 13.2 Å². The van der Waals surface area contributed by atoms with E-state index < -0.39 is 11.9 Å². The lowest BCUT2D eigenvalue weighted by Crippen LogP contribution is -2.41. The van der Waals surface area contributed by atoms with Crippen LogP contribution in [0.25, 0.3) is 10.9 Å². The molecule has 3 heterocycles. The molecule has 1 amide bonds. The monoisotopic (exact) mass is 422 g/mol. The lowest BCUT2D eigenvalue weighted by molar-refractivity contribution is 0.0693. The van der Waals surface area contributed by atoms with E-state index in [9.17, 15) is 4.79 Å². The first kappa shape index (κ1) is 18.7. The average molecular weight is 422 g/mol. The van der Waals surface area contributed by atoms with Crippen molar-refractivity contribution >= 4 is 28.3 Å². The average Bonchev–Trinajstić information content (AvgIpc) is 3.36. The number of benzene rings is 2. The van der Waals surface area contributed by atoms with Crippen LogP contribution in [0.3, 0.4) is 0 Å². The summed E-state index contributed by atoms with van der Waals surface area (Å²) in [6.07, 6.45) is 0.685. The maximum absolute atomic E-state index is 15.2. The molecule has 0 spiro atoms. The van der Waals surface area contributed by atoms with Crippen molar-refractivity contribution in [3.63, 3.8) is 0 Å². The first-order valence-corrected chi connectivity index (χ1v) is 10.4. The number of aryl methyl sites for hydroxylation is 1. The number of hydrogen-bond donors (Lipinski definition) is 1. The number of aromatic amines is 1. The van der Waals surface area contributed by atoms with Crippen LogP contribution in [0.4, 0.5) is 4.39 Å². The topological polar surface area (TPSA) is 71.1 Å². The Kier molecular flexibility index (Phi) is 4.51. The van der Waals surface area contributed by atoms with Crippen LogP contribution in [0.1, 0.15) is 38.2 Å². The zero-order chi connectivity index (χ0) is 20.8. The van der Waals surface area contributed by atoms with Crippen LogP contribution in [0, 0.1) is 12.7 Å². The second-order valence-electron chi connectivity index (χ2n) is 7.29. The zero-order valence-corrected chi connectivity index (χ0v) is 17.3. The number of hydrogen-bond acceptors (Lipinski definition) is 5. The number of nitrogens with one attached hydrogen (secondary N) is 1. The summed E-state index contributed by atoms with van der Waals surface area (Å²) in [7, 11) is 1.50. The Bertz CT molecular complexity index is 1270. The minimum absolute atomic E-state index is 0.188. The summed E-state index contributed by atoms with van der Waals surface area (Å²) in [5.41, 5.74) is 3.95. The minimum Gasteiger partial charge on any atom is -0.497 e. The van der Waals surface area contributed by atoms with Gasteiger partial charge in [0.25, 0.3) is 5.91 Å². The number of para-hydroxylation sites is 1. The van der Waals surface area contributed by atoms with Gasteiger partial charge in [0.05, 0.1) is 12.8 Å². The van der Waals surface area contributed by atoms with Gasteiger partial charge in [0, 0.05) is 34.8 Å². The van der Waals surface area contributed by atoms with Crippen LogP contribution in [0.2, 0.25) is 0 Å². The number of carbonyl (C=O) groups excluding carboxylic acids is 1. The Morgan fingerprint density at radius 2 is 2.13 bits per heavy atom. The molecule has 0 saturated carbocycles. The van der Waals surface area contributed by atoms with Crippen LogP contribution in [-0.2, 0) is 6.42 Å². The summed E-state index contributed by atoms with van der Waals surface area (Å²) < 4.78 is 24.2. The van der Waals surface area contributed by atoms with Crippen molar-refractivity contribution in [1.29, 1.82) is 0 Å². The van der Waals surface area contributed by atoms with Crippen molar-refractivity contribution < 1.29 is 13.9 Å². The molecular formula is C22H19FN4O2S. The van der Waals surface area contributed by atoms with Crippen molar-refractivity contribution in [2.45, 2.75) is 19.4 Å². The van der Waals surface area contributed by atoms with Crippen molar-refractivity contribution in [1.82, 2.24) is 19.5 Å². The highest BCUT2D eigenvalue weighted by atomic mass is 32.1. The second kappa shape index (κ2) is 7.21. The van der Waals surface area contributed by atoms with Gasteiger partial charge in [-0.3, -0.25) is 4.79 Å². The number of aromatic nitrogens is 3. The zero-order valence-electron chi connectivity index (χ0n) is 16.5. The smallest absolute Gasteiger partial charge is 0.268 e. The van der Waals surface area contributed by atoms with E-state index in [1.807, 2.05) is 18.2 Å². The molecule has 4 aromatic rings. The predicted molar refractivity (Wildman–Crippen MR) is 112 cm³/mol. The van der Waals surface area contributed by atoms with Gasteiger partial charge >= 0.3 is 0 Å². The van der Waals surface area contributed by atoms with Gasteiger partial charge in [-0.25, -0.2) is 4.39 Å². The van der Waals surface area contributed by atoms with E-state index in [0.717, 1.165) is 33.7 Å². The summed E-state index contributed by atoms with van der Waals surface area (Å²) in [5.74, 6) is -0.167. The number of rotatable bonds is 3. The number of methoxy groups -OCH3 is 1. The Morgan fingerprint density at radius 3 is 2.87 bits per heavy atom. The van der Waals surface area contributed by atoms with Gasteiger partial charge < -0.3 is 14.6 Å². The molecule has 1 unspecified atom stereocenters. The molecule has 152 valence electrons. The van der Waals surface area contributed by atoms with Gasteiger partial charge in [0.15, 0.2) is 0 Å². The molecule has 0 radical (unpaired) electrons. The third-order valence-electron chi connectivity index (χ3n) is 5.64. The molecule has 1 N–H and O–H groups in total. The largest absolute Gasteiger partial charge is 0.497 e. The lowest BCUT2D eigenvalue weighted by atomic mass is 9.91. The van der Waals surface area contributed by atoms with Crippen molar-refractivity contribution in [3.05, 3.63) is 75.7 Å². The Morgan fingerprint density at radius 1 is 1.30 bits per heavy atom. The Balaban J connectivity index is 1.70. The molecule has 0 bridgehead atoms. The minimum atomic E-state index is -0.582. The molecule has 5 rings (SSSR count). The molecule has 30 heavy (non-hydrogen) atoms. The molecule has 2 aromatic heterocycles. The van der Waals surface area contributed by atoms with Gasteiger partial charge in [-0.05, 0) is 48.6 Å². The highest BCUT2D eigenvalue weighted by Crippen LogP contribution is 2.40. The quantitative estimate of drug-likeness (QED) is 0.535. The van der Waals surface area contributed by atoms with Crippen molar-refractivity contribution in [3.8, 4) is 5.75 Å². The van der Waals surface area contributed by atoms with Crippen LogP contribution in [0.15, 0.2) is 42.5 Å². The first-order chi connectivity index (χ1) is 14.6. The fourth-order valence-electron chi connectivity index (χ4n) is 4.20. The molecule has 1 aliphatic rings. The number of nitrogens with zero attached hydrogens (tertiary/aromatic N) is 3. The fourth-order valence-corrected chi connectivity index (χ4v) is 4.81. The lowest BCUT2D eigenvalue weighted by Gasteiger charge is -2.36. The SMILES string of the molecule is COc1ccc(C2c3[nH]c4ccccc4c3CCN2C(=O)c2snnc2C)c(F)c1. The number of halogens is 1. The molecule has 2 aromatic carbocycles. The first-order valence-electron chi connectivity index (χ1n) is 9.61. The third-order valence-corrected chi connectivity index (χ3v) is 6.46. The maximum atomic E-state index is 15.2. The van der Waals surface area contributed by atoms with E-state index in [1.54, 1.807) is 24.0 Å². The molecule has 1 atom stereocenters. The molecular weight excluding hydrogens is 403 g/mol. The van der Waals surface area contributed by atoms with Crippen molar-refractivity contribution in [2.24, 2.45) is 0 Å². The van der Waals surface area contributed by atoms with Gasteiger partial charge in [0.2, 0.25) is 0 Å². The van der Waals surface area contributed by atoms with E-state index in [-0.39, 0.29) is 5.91 Å². The Hall–Kier alpha value is -3.26. The highest BCUT2D eigenvalue weighted by molar-refractivity contribution is 7.07. The summed E-state index contributed by atoms with van der Waals surface area (Å²) in [6, 6.07) is 12.2. The highest BCUT2D eigenvalue weighted by Gasteiger charge is 2.37. The van der Waals surface area contributed by atoms with E-state index in [0.29, 0.717) is 34.8 Å². The standard InChI is InChI=1S/C22H19FN4O2S/c1-12-21(30-26-25-12)22(28)27-10-9-15-14-5-3-4-6-18(14)24-19(15)20(27)16-8-7-13(29-2)11-17(16)23/h3-8,11,20,24H,9-10H2,1-2H3. The normalized spacial score (nSPS) is 16.0. The molecule has 0 saturated heterocycles. The van der Waals surface area contributed by atoms with Crippen LogP contribution in [-0.4, -0.2) is 39.0 Å². The van der Waals surface area contributed by atoms with Gasteiger partial charge in [0.1, 0.15) is 22.5 Å². The number of ether oxygens (including phenoxy) is 1.